The number of rotatable bonds is 9. The number of thiocarbonyl (C=S) groups is 1. The number of carbonyl (C=O) groups excluding carboxylic acids is 2. The zero-order chi connectivity index (χ0) is 24.8. The van der Waals surface area contributed by atoms with Gasteiger partial charge in [-0.1, -0.05) is 39.8 Å². The lowest BCUT2D eigenvalue weighted by molar-refractivity contribution is -0.140. The second-order valence-corrected chi connectivity index (χ2v) is 10.2. The molecule has 8 heteroatoms. The number of ether oxygens (including phenoxy) is 2. The maximum atomic E-state index is 12.9. The average Bonchev–Trinajstić information content (AvgIpc) is 2.70. The number of hydrogen-bond acceptors (Lipinski definition) is 5. The van der Waals surface area contributed by atoms with Crippen LogP contribution in [0.3, 0.4) is 0 Å². The van der Waals surface area contributed by atoms with Crippen LogP contribution in [-0.4, -0.2) is 49.3 Å². The highest BCUT2D eigenvalue weighted by molar-refractivity contribution is 7.80. The molecule has 182 valence electrons. The van der Waals surface area contributed by atoms with Crippen LogP contribution >= 0.6 is 12.2 Å². The summed E-state index contributed by atoms with van der Waals surface area (Å²) in [6.07, 6.45) is 1.42. The standard InChI is InChI=1S/C25H37N3O4S/c1-16(15-25(3,4)5)13-20(29)26-19-10-8-9-18(14-19)22-21(23(30)32-12-11-31-7)17(2)28(6)24(33)27-22/h8-10,14,16,22H,11-13,15H2,1-7H3,(H,26,29)(H,27,33)/t16-,22-/m1/s1. The summed E-state index contributed by atoms with van der Waals surface area (Å²) in [5.41, 5.74) is 2.86. The lowest BCUT2D eigenvalue weighted by atomic mass is 9.84. The molecule has 0 radical (unpaired) electrons. The molecular formula is C25H37N3O4S. The molecule has 1 amide bonds. The SMILES string of the molecule is COCCOC(=O)C1=C(C)N(C)C(=S)N[C@@H]1c1cccc(NC(=O)C[C@@H](C)CC(C)(C)C)c1. The molecule has 1 aromatic carbocycles. The largest absolute Gasteiger partial charge is 0.460 e. The van der Waals surface area contributed by atoms with Gasteiger partial charge in [-0.2, -0.15) is 0 Å². The highest BCUT2D eigenvalue weighted by atomic mass is 32.1. The maximum absolute atomic E-state index is 12.9. The molecular weight excluding hydrogens is 438 g/mol. The summed E-state index contributed by atoms with van der Waals surface area (Å²) in [5, 5.41) is 6.73. The van der Waals surface area contributed by atoms with Gasteiger partial charge in [0.15, 0.2) is 5.11 Å². The Labute approximate surface area is 202 Å². The number of anilines is 1. The van der Waals surface area contributed by atoms with E-state index in [1.165, 1.54) is 0 Å². The van der Waals surface area contributed by atoms with E-state index < -0.39 is 12.0 Å². The van der Waals surface area contributed by atoms with E-state index in [1.807, 2.05) is 31.2 Å². The Kier molecular flexibility index (Phi) is 9.43. The number of amides is 1. The number of benzene rings is 1. The first kappa shape index (κ1) is 26.8. The summed E-state index contributed by atoms with van der Waals surface area (Å²) >= 11 is 5.46. The molecule has 0 aromatic heterocycles. The number of methoxy groups -OCH3 is 1. The van der Waals surface area contributed by atoms with E-state index >= 15 is 0 Å². The zero-order valence-corrected chi connectivity index (χ0v) is 21.6. The Bertz CT molecular complexity index is 907. The minimum atomic E-state index is -0.486. The Hall–Kier alpha value is -2.45. The summed E-state index contributed by atoms with van der Waals surface area (Å²) in [4.78, 5) is 27.3. The predicted molar refractivity (Wildman–Crippen MR) is 135 cm³/mol. The van der Waals surface area contributed by atoms with Gasteiger partial charge in [-0.25, -0.2) is 4.79 Å². The van der Waals surface area contributed by atoms with Gasteiger partial charge in [0.05, 0.1) is 18.2 Å². The van der Waals surface area contributed by atoms with Crippen LogP contribution in [0.5, 0.6) is 0 Å². The zero-order valence-electron chi connectivity index (χ0n) is 20.8. The molecule has 0 saturated carbocycles. The lowest BCUT2D eigenvalue weighted by Crippen LogP contribution is -2.46. The van der Waals surface area contributed by atoms with Gasteiger partial charge in [-0.15, -0.1) is 0 Å². The number of esters is 1. The molecule has 2 rings (SSSR count). The lowest BCUT2D eigenvalue weighted by Gasteiger charge is -2.35. The van der Waals surface area contributed by atoms with E-state index in [4.69, 9.17) is 21.7 Å². The van der Waals surface area contributed by atoms with Crippen LogP contribution in [0, 0.1) is 11.3 Å². The van der Waals surface area contributed by atoms with E-state index in [2.05, 4.69) is 38.3 Å². The molecule has 33 heavy (non-hydrogen) atoms. The Morgan fingerprint density at radius 1 is 1.27 bits per heavy atom. The van der Waals surface area contributed by atoms with Crippen molar-refractivity contribution < 1.29 is 19.1 Å². The fraction of sp³-hybridized carbons (Fsp3) is 0.560. The van der Waals surface area contributed by atoms with Crippen molar-refractivity contribution in [1.82, 2.24) is 10.2 Å². The van der Waals surface area contributed by atoms with Gasteiger partial charge in [0.2, 0.25) is 5.91 Å². The third-order valence-corrected chi connectivity index (χ3v) is 5.88. The second kappa shape index (κ2) is 11.6. The monoisotopic (exact) mass is 475 g/mol. The highest BCUT2D eigenvalue weighted by Gasteiger charge is 2.33. The Morgan fingerprint density at radius 3 is 2.61 bits per heavy atom. The molecule has 2 atom stereocenters. The van der Waals surface area contributed by atoms with Crippen molar-refractivity contribution in [3.05, 3.63) is 41.1 Å². The third kappa shape index (κ3) is 7.82. The van der Waals surface area contributed by atoms with Crippen molar-refractivity contribution in [3.8, 4) is 0 Å². The first-order chi connectivity index (χ1) is 15.4. The molecule has 1 aromatic rings. The quantitative estimate of drug-likeness (QED) is 0.311. The average molecular weight is 476 g/mol. The van der Waals surface area contributed by atoms with Crippen LogP contribution < -0.4 is 10.6 Å². The summed E-state index contributed by atoms with van der Waals surface area (Å²) in [6, 6.07) is 6.99. The van der Waals surface area contributed by atoms with Gasteiger partial charge in [0.25, 0.3) is 0 Å². The molecule has 2 N–H and O–H groups in total. The van der Waals surface area contributed by atoms with Crippen LogP contribution in [0.25, 0.3) is 0 Å². The van der Waals surface area contributed by atoms with Crippen molar-refractivity contribution >= 4 is 34.9 Å². The molecule has 1 heterocycles. The smallest absolute Gasteiger partial charge is 0.338 e. The minimum absolute atomic E-state index is 0.0262. The first-order valence-electron chi connectivity index (χ1n) is 11.2. The fourth-order valence-corrected chi connectivity index (χ4v) is 4.34. The third-order valence-electron chi connectivity index (χ3n) is 5.49. The molecule has 0 saturated heterocycles. The normalized spacial score (nSPS) is 17.5. The van der Waals surface area contributed by atoms with Gasteiger partial charge in [0.1, 0.15) is 6.61 Å². The number of allylic oxidation sites excluding steroid dienone is 1. The van der Waals surface area contributed by atoms with Gasteiger partial charge < -0.3 is 25.0 Å². The van der Waals surface area contributed by atoms with Crippen LogP contribution in [-0.2, 0) is 19.1 Å². The first-order valence-corrected chi connectivity index (χ1v) is 11.6. The van der Waals surface area contributed by atoms with Crippen molar-refractivity contribution in [2.75, 3.05) is 32.7 Å². The van der Waals surface area contributed by atoms with Crippen molar-refractivity contribution in [2.24, 2.45) is 11.3 Å². The van der Waals surface area contributed by atoms with Gasteiger partial charge in [0, 0.05) is 32.0 Å². The van der Waals surface area contributed by atoms with Crippen molar-refractivity contribution in [3.63, 3.8) is 0 Å². The molecule has 1 aliphatic rings. The van der Waals surface area contributed by atoms with E-state index in [0.29, 0.717) is 29.4 Å². The van der Waals surface area contributed by atoms with Crippen LogP contribution in [0.2, 0.25) is 0 Å². The van der Waals surface area contributed by atoms with Gasteiger partial charge >= 0.3 is 5.97 Å². The van der Waals surface area contributed by atoms with Crippen LogP contribution in [0.4, 0.5) is 5.69 Å². The summed E-state index contributed by atoms with van der Waals surface area (Å²) < 4.78 is 10.4. The molecule has 0 fully saturated rings. The van der Waals surface area contributed by atoms with Crippen molar-refractivity contribution in [1.29, 1.82) is 0 Å². The second-order valence-electron chi connectivity index (χ2n) is 9.82. The molecule has 7 nitrogen and oxygen atoms in total. The highest BCUT2D eigenvalue weighted by Crippen LogP contribution is 2.32. The molecule has 0 spiro atoms. The van der Waals surface area contributed by atoms with Crippen LogP contribution in [0.1, 0.15) is 59.1 Å². The van der Waals surface area contributed by atoms with E-state index in [1.54, 1.807) is 19.1 Å². The number of carbonyl (C=O) groups is 2. The minimum Gasteiger partial charge on any atom is -0.460 e. The van der Waals surface area contributed by atoms with E-state index in [0.717, 1.165) is 17.7 Å². The summed E-state index contributed by atoms with van der Waals surface area (Å²) in [5.74, 6) is -0.177. The predicted octanol–water partition coefficient (Wildman–Crippen LogP) is 4.41. The maximum Gasteiger partial charge on any atom is 0.338 e. The van der Waals surface area contributed by atoms with Crippen molar-refractivity contribution in [2.45, 2.75) is 53.5 Å². The number of nitrogens with zero attached hydrogens (tertiary/aromatic N) is 1. The summed E-state index contributed by atoms with van der Waals surface area (Å²) in [6.45, 7) is 11.0. The fourth-order valence-electron chi connectivity index (χ4n) is 4.09. The number of hydrogen-bond donors (Lipinski definition) is 2. The molecule has 0 unspecified atom stereocenters. The summed E-state index contributed by atoms with van der Waals surface area (Å²) in [7, 11) is 3.36. The van der Waals surface area contributed by atoms with Gasteiger partial charge in [-0.3, -0.25) is 4.79 Å². The Morgan fingerprint density at radius 2 is 1.97 bits per heavy atom. The van der Waals surface area contributed by atoms with Crippen LogP contribution in [0.15, 0.2) is 35.5 Å². The van der Waals surface area contributed by atoms with Gasteiger partial charge in [-0.05, 0) is 54.6 Å². The molecule has 1 aliphatic heterocycles. The number of nitrogens with one attached hydrogen (secondary N) is 2. The molecule has 0 bridgehead atoms. The Balaban J connectivity index is 2.22. The van der Waals surface area contributed by atoms with E-state index in [9.17, 15) is 9.59 Å². The van der Waals surface area contributed by atoms with E-state index in [-0.39, 0.29) is 23.8 Å². The molecule has 0 aliphatic carbocycles. The topological polar surface area (TPSA) is 79.9 Å².